The van der Waals surface area contributed by atoms with Gasteiger partial charge >= 0.3 is 5.97 Å². The third kappa shape index (κ3) is 2.90. The van der Waals surface area contributed by atoms with Crippen LogP contribution in [0.5, 0.6) is 0 Å². The Hall–Kier alpha value is -1.96. The normalized spacial score (nSPS) is 18.9. The highest BCUT2D eigenvalue weighted by molar-refractivity contribution is 9.10. The van der Waals surface area contributed by atoms with Gasteiger partial charge in [0.15, 0.2) is 0 Å². The maximum Gasteiger partial charge on any atom is 0.328 e. The first-order valence-corrected chi connectivity index (χ1v) is 6.20. The molecule has 1 aromatic heterocycles. The molecule has 100 valence electrons. The summed E-state index contributed by atoms with van der Waals surface area (Å²) in [6.07, 6.45) is 1.44. The zero-order chi connectivity index (χ0) is 14.0. The molecule has 0 aliphatic carbocycles. The number of amides is 2. The van der Waals surface area contributed by atoms with Crippen LogP contribution in [0.3, 0.4) is 0 Å². The number of rotatable bonds is 2. The summed E-state index contributed by atoms with van der Waals surface area (Å²) in [5, 5.41) is 11.5. The largest absolute Gasteiger partial charge is 0.480 e. The Labute approximate surface area is 116 Å². The zero-order valence-electron chi connectivity index (χ0n) is 9.67. The van der Waals surface area contributed by atoms with E-state index in [1.54, 1.807) is 6.07 Å². The number of hydrogen-bond donors (Lipinski definition) is 2. The molecule has 7 nitrogen and oxygen atoms in total. The number of pyridine rings is 1. The minimum Gasteiger partial charge on any atom is -0.480 e. The maximum atomic E-state index is 12.2. The number of carboxylic acids is 1. The molecule has 1 unspecified atom stereocenters. The molecule has 0 spiro atoms. The van der Waals surface area contributed by atoms with Crippen molar-refractivity contribution >= 4 is 33.7 Å². The molecule has 1 aliphatic rings. The van der Waals surface area contributed by atoms with Crippen molar-refractivity contribution < 1.29 is 19.5 Å². The quantitative estimate of drug-likeness (QED) is 0.788. The molecule has 0 bridgehead atoms. The van der Waals surface area contributed by atoms with E-state index in [4.69, 9.17) is 5.11 Å². The number of carbonyl (C=O) groups is 3. The number of piperazine rings is 1. The van der Waals surface area contributed by atoms with Crippen molar-refractivity contribution in [3.8, 4) is 0 Å². The molecule has 1 aromatic rings. The first-order chi connectivity index (χ1) is 8.99. The SMILES string of the molecule is O=C1CN(C(=O)c2ccc(Br)cn2)C(C(=O)O)CN1. The van der Waals surface area contributed by atoms with E-state index < -0.39 is 17.9 Å². The molecule has 2 amide bonds. The average Bonchev–Trinajstić information content (AvgIpc) is 2.38. The third-order valence-corrected chi connectivity index (χ3v) is 3.14. The van der Waals surface area contributed by atoms with Crippen molar-refractivity contribution in [1.82, 2.24) is 15.2 Å². The lowest BCUT2D eigenvalue weighted by Gasteiger charge is -2.32. The summed E-state index contributed by atoms with van der Waals surface area (Å²) in [7, 11) is 0. The van der Waals surface area contributed by atoms with Gasteiger partial charge in [0.25, 0.3) is 5.91 Å². The van der Waals surface area contributed by atoms with E-state index in [-0.39, 0.29) is 24.7 Å². The third-order valence-electron chi connectivity index (χ3n) is 2.68. The maximum absolute atomic E-state index is 12.2. The molecule has 2 rings (SSSR count). The highest BCUT2D eigenvalue weighted by atomic mass is 79.9. The molecular weight excluding hydrogens is 318 g/mol. The molecule has 1 fully saturated rings. The second-order valence-corrected chi connectivity index (χ2v) is 4.87. The van der Waals surface area contributed by atoms with Crippen LogP contribution in [-0.4, -0.2) is 51.9 Å². The van der Waals surface area contributed by atoms with Gasteiger partial charge in [-0.2, -0.15) is 0 Å². The van der Waals surface area contributed by atoms with Gasteiger partial charge in [-0.15, -0.1) is 0 Å². The van der Waals surface area contributed by atoms with Crippen molar-refractivity contribution in [3.63, 3.8) is 0 Å². The molecule has 0 aromatic carbocycles. The standard InChI is InChI=1S/C11H10BrN3O4/c12-6-1-2-7(13-3-6)10(17)15-5-9(16)14-4-8(15)11(18)19/h1-3,8H,4-5H2,(H,14,16)(H,18,19). The summed E-state index contributed by atoms with van der Waals surface area (Å²) in [5.41, 5.74) is 0.101. The summed E-state index contributed by atoms with van der Waals surface area (Å²) in [5.74, 6) is -2.12. The van der Waals surface area contributed by atoms with E-state index >= 15 is 0 Å². The van der Waals surface area contributed by atoms with Gasteiger partial charge in [-0.1, -0.05) is 0 Å². The lowest BCUT2D eigenvalue weighted by molar-refractivity contribution is -0.144. The lowest BCUT2D eigenvalue weighted by Crippen LogP contribution is -2.59. The fraction of sp³-hybridized carbons (Fsp3) is 0.273. The van der Waals surface area contributed by atoms with Gasteiger partial charge in [0.2, 0.25) is 5.91 Å². The van der Waals surface area contributed by atoms with Crippen LogP contribution in [-0.2, 0) is 9.59 Å². The lowest BCUT2D eigenvalue weighted by atomic mass is 10.1. The van der Waals surface area contributed by atoms with Crippen LogP contribution in [0.4, 0.5) is 0 Å². The van der Waals surface area contributed by atoms with Crippen LogP contribution in [0.1, 0.15) is 10.5 Å². The van der Waals surface area contributed by atoms with Crippen LogP contribution >= 0.6 is 15.9 Å². The van der Waals surface area contributed by atoms with Crippen LogP contribution in [0.15, 0.2) is 22.8 Å². The Bertz CT molecular complexity index is 531. The number of halogens is 1. The van der Waals surface area contributed by atoms with Crippen molar-refractivity contribution in [1.29, 1.82) is 0 Å². The molecule has 1 saturated heterocycles. The molecule has 2 heterocycles. The zero-order valence-corrected chi connectivity index (χ0v) is 11.3. The van der Waals surface area contributed by atoms with E-state index in [2.05, 4.69) is 26.2 Å². The highest BCUT2D eigenvalue weighted by Gasteiger charge is 2.35. The minimum atomic E-state index is -1.16. The molecule has 2 N–H and O–H groups in total. The number of aromatic nitrogens is 1. The average molecular weight is 328 g/mol. The van der Waals surface area contributed by atoms with Crippen molar-refractivity contribution in [2.45, 2.75) is 6.04 Å². The van der Waals surface area contributed by atoms with Crippen molar-refractivity contribution in [2.24, 2.45) is 0 Å². The monoisotopic (exact) mass is 327 g/mol. The van der Waals surface area contributed by atoms with Crippen LogP contribution < -0.4 is 5.32 Å². The van der Waals surface area contributed by atoms with Crippen molar-refractivity contribution in [2.75, 3.05) is 13.1 Å². The Morgan fingerprint density at radius 2 is 2.21 bits per heavy atom. The van der Waals surface area contributed by atoms with Gasteiger partial charge in [0.05, 0.1) is 0 Å². The van der Waals surface area contributed by atoms with Gasteiger partial charge in [-0.05, 0) is 28.1 Å². The highest BCUT2D eigenvalue weighted by Crippen LogP contribution is 2.12. The first kappa shape index (κ1) is 13.5. The molecule has 19 heavy (non-hydrogen) atoms. The van der Waals surface area contributed by atoms with Crippen LogP contribution in [0, 0.1) is 0 Å². The second kappa shape index (κ2) is 5.35. The summed E-state index contributed by atoms with van der Waals surface area (Å²) in [4.78, 5) is 39.5. The van der Waals surface area contributed by atoms with Crippen LogP contribution in [0.2, 0.25) is 0 Å². The Morgan fingerprint density at radius 3 is 2.79 bits per heavy atom. The Morgan fingerprint density at radius 1 is 1.47 bits per heavy atom. The summed E-state index contributed by atoms with van der Waals surface area (Å²) < 4.78 is 0.704. The number of nitrogens with one attached hydrogen (secondary N) is 1. The fourth-order valence-electron chi connectivity index (χ4n) is 1.72. The smallest absolute Gasteiger partial charge is 0.328 e. The van der Waals surface area contributed by atoms with Gasteiger partial charge < -0.3 is 15.3 Å². The van der Waals surface area contributed by atoms with E-state index in [0.717, 1.165) is 4.90 Å². The summed E-state index contributed by atoms with van der Waals surface area (Å²) in [6.45, 7) is -0.385. The predicted octanol–water partition coefficient (Wildman–Crippen LogP) is -0.131. The molecule has 8 heteroatoms. The van der Waals surface area contributed by atoms with Gasteiger partial charge in [0.1, 0.15) is 18.3 Å². The predicted molar refractivity (Wildman–Crippen MR) is 67.4 cm³/mol. The van der Waals surface area contributed by atoms with E-state index in [1.165, 1.54) is 12.3 Å². The minimum absolute atomic E-state index is 0.101. The topological polar surface area (TPSA) is 99.6 Å². The number of aliphatic carboxylic acids is 1. The van der Waals surface area contributed by atoms with E-state index in [0.29, 0.717) is 4.47 Å². The van der Waals surface area contributed by atoms with E-state index in [9.17, 15) is 14.4 Å². The second-order valence-electron chi connectivity index (χ2n) is 3.95. The molecule has 1 aliphatic heterocycles. The first-order valence-electron chi connectivity index (χ1n) is 5.41. The summed E-state index contributed by atoms with van der Waals surface area (Å²) >= 11 is 3.19. The number of carbonyl (C=O) groups excluding carboxylic acids is 2. The fourth-order valence-corrected chi connectivity index (χ4v) is 1.96. The van der Waals surface area contributed by atoms with Gasteiger partial charge in [-0.25, -0.2) is 9.78 Å². The molecule has 0 saturated carbocycles. The number of nitrogens with zero attached hydrogens (tertiary/aromatic N) is 2. The Kier molecular flexibility index (Phi) is 3.79. The molecular formula is C11H10BrN3O4. The number of hydrogen-bond acceptors (Lipinski definition) is 4. The van der Waals surface area contributed by atoms with Gasteiger partial charge in [0, 0.05) is 17.2 Å². The van der Waals surface area contributed by atoms with E-state index in [1.807, 2.05) is 0 Å². The summed E-state index contributed by atoms with van der Waals surface area (Å²) in [6, 6.07) is 2.02. The van der Waals surface area contributed by atoms with Crippen LogP contribution in [0.25, 0.3) is 0 Å². The number of carboxylic acid groups (broad SMARTS) is 1. The van der Waals surface area contributed by atoms with Crippen molar-refractivity contribution in [3.05, 3.63) is 28.5 Å². The van der Waals surface area contributed by atoms with Gasteiger partial charge in [-0.3, -0.25) is 9.59 Å². The Balaban J connectivity index is 2.26. The molecule has 0 radical (unpaired) electrons. The molecule has 1 atom stereocenters.